The first-order valence-electron chi connectivity index (χ1n) is 11.2. The molecule has 2 heterocycles. The number of benzene rings is 3. The van der Waals surface area contributed by atoms with Gasteiger partial charge in [0.1, 0.15) is 17.3 Å². The number of methoxy groups -OCH3 is 1. The number of halogens is 1. The number of aliphatic hydroxyl groups excluding tert-OH is 1. The zero-order valence-electron chi connectivity index (χ0n) is 19.4. The summed E-state index contributed by atoms with van der Waals surface area (Å²) in [5, 5.41) is 12.2. The van der Waals surface area contributed by atoms with Crippen molar-refractivity contribution in [1.82, 2.24) is 4.98 Å². The number of amides is 1. The van der Waals surface area contributed by atoms with Crippen LogP contribution in [0.4, 0.5) is 5.13 Å². The van der Waals surface area contributed by atoms with Gasteiger partial charge in [0.25, 0.3) is 5.78 Å². The molecule has 1 amide bonds. The molecule has 1 aliphatic heterocycles. The lowest BCUT2D eigenvalue weighted by molar-refractivity contribution is -0.132. The molecule has 5 rings (SSSR count). The Morgan fingerprint density at radius 1 is 1.08 bits per heavy atom. The minimum Gasteiger partial charge on any atom is -0.507 e. The molecule has 1 saturated heterocycles. The summed E-state index contributed by atoms with van der Waals surface area (Å²) in [7, 11) is 1.54. The molecule has 1 fully saturated rings. The van der Waals surface area contributed by atoms with Crippen LogP contribution in [-0.2, 0) is 9.59 Å². The van der Waals surface area contributed by atoms with Crippen LogP contribution >= 0.6 is 22.9 Å². The lowest BCUT2D eigenvalue weighted by atomic mass is 9.95. The summed E-state index contributed by atoms with van der Waals surface area (Å²) in [6.07, 6.45) is 0. The van der Waals surface area contributed by atoms with Crippen LogP contribution in [0.25, 0.3) is 16.0 Å². The SMILES string of the molecule is CCOc1cccc(C2C(=C(O)c3ccc(OC)cc3)C(=O)C(=O)N2c2nc3ccc(Cl)cc3s2)c1. The zero-order chi connectivity index (χ0) is 25.4. The predicted molar refractivity (Wildman–Crippen MR) is 140 cm³/mol. The topological polar surface area (TPSA) is 89.0 Å². The standard InChI is InChI=1S/C27H21ClN2O5S/c1-3-35-19-6-4-5-16(13-19)23-22(24(31)15-7-10-18(34-2)11-8-15)25(32)26(33)30(23)27-29-20-12-9-17(28)14-21(20)36-27/h4-14,23,31H,3H2,1-2H3. The Morgan fingerprint density at radius 3 is 2.58 bits per heavy atom. The fourth-order valence-corrected chi connectivity index (χ4v) is 5.45. The smallest absolute Gasteiger partial charge is 0.301 e. The third-order valence-electron chi connectivity index (χ3n) is 5.84. The third-order valence-corrected chi connectivity index (χ3v) is 7.09. The van der Waals surface area contributed by atoms with E-state index in [1.807, 2.05) is 6.92 Å². The van der Waals surface area contributed by atoms with Crippen molar-refractivity contribution in [2.75, 3.05) is 18.6 Å². The lowest BCUT2D eigenvalue weighted by Gasteiger charge is -2.23. The molecule has 0 radical (unpaired) electrons. The zero-order valence-corrected chi connectivity index (χ0v) is 21.0. The first kappa shape index (κ1) is 23.8. The molecule has 1 atom stereocenters. The van der Waals surface area contributed by atoms with Crippen LogP contribution in [0.5, 0.6) is 11.5 Å². The van der Waals surface area contributed by atoms with Gasteiger partial charge in [-0.15, -0.1) is 0 Å². The molecule has 182 valence electrons. The molecule has 0 bridgehead atoms. The summed E-state index contributed by atoms with van der Waals surface area (Å²) in [5.41, 5.74) is 1.61. The maximum Gasteiger partial charge on any atom is 0.301 e. The Labute approximate surface area is 216 Å². The molecule has 7 nitrogen and oxygen atoms in total. The Kier molecular flexibility index (Phi) is 6.38. The van der Waals surface area contributed by atoms with Gasteiger partial charge < -0.3 is 14.6 Å². The van der Waals surface area contributed by atoms with Crippen molar-refractivity contribution in [1.29, 1.82) is 0 Å². The Balaban J connectivity index is 1.71. The molecule has 1 aromatic heterocycles. The minimum atomic E-state index is -0.913. The number of hydrogen-bond donors (Lipinski definition) is 1. The second-order valence-corrected chi connectivity index (χ2v) is 9.46. The van der Waals surface area contributed by atoms with Gasteiger partial charge in [-0.1, -0.05) is 35.1 Å². The number of ether oxygens (including phenoxy) is 2. The van der Waals surface area contributed by atoms with Crippen molar-refractivity contribution >= 4 is 55.7 Å². The van der Waals surface area contributed by atoms with E-state index < -0.39 is 17.7 Å². The average molecular weight is 521 g/mol. The van der Waals surface area contributed by atoms with Crippen molar-refractivity contribution in [3.63, 3.8) is 0 Å². The van der Waals surface area contributed by atoms with Gasteiger partial charge in [0.15, 0.2) is 5.13 Å². The van der Waals surface area contributed by atoms with Crippen LogP contribution < -0.4 is 14.4 Å². The van der Waals surface area contributed by atoms with Gasteiger partial charge >= 0.3 is 5.91 Å². The number of carbonyl (C=O) groups excluding carboxylic acids is 2. The van der Waals surface area contributed by atoms with E-state index in [9.17, 15) is 14.7 Å². The highest BCUT2D eigenvalue weighted by Crippen LogP contribution is 2.45. The predicted octanol–water partition coefficient (Wildman–Crippen LogP) is 5.98. The summed E-state index contributed by atoms with van der Waals surface area (Å²) in [4.78, 5) is 32.7. The number of rotatable bonds is 6. The number of aliphatic hydroxyl groups is 1. The van der Waals surface area contributed by atoms with Crippen LogP contribution in [-0.4, -0.2) is 35.5 Å². The highest BCUT2D eigenvalue weighted by Gasteiger charge is 2.48. The molecule has 0 saturated carbocycles. The normalized spacial score (nSPS) is 17.1. The molecule has 1 N–H and O–H groups in total. The average Bonchev–Trinajstić information content (AvgIpc) is 3.41. The van der Waals surface area contributed by atoms with Gasteiger partial charge in [0.2, 0.25) is 0 Å². The van der Waals surface area contributed by atoms with Gasteiger partial charge in [-0.25, -0.2) is 4.98 Å². The number of aromatic nitrogens is 1. The highest BCUT2D eigenvalue weighted by molar-refractivity contribution is 7.22. The van der Waals surface area contributed by atoms with Crippen LogP contribution in [0.1, 0.15) is 24.1 Å². The molecular weight excluding hydrogens is 500 g/mol. The van der Waals surface area contributed by atoms with Crippen LogP contribution in [0.2, 0.25) is 5.02 Å². The van der Waals surface area contributed by atoms with Crippen molar-refractivity contribution in [2.45, 2.75) is 13.0 Å². The highest BCUT2D eigenvalue weighted by atomic mass is 35.5. The van der Waals surface area contributed by atoms with E-state index in [0.717, 1.165) is 4.70 Å². The first-order chi connectivity index (χ1) is 17.4. The fraction of sp³-hybridized carbons (Fsp3) is 0.148. The molecule has 9 heteroatoms. The number of hydrogen-bond acceptors (Lipinski definition) is 7. The maximum absolute atomic E-state index is 13.4. The summed E-state index contributed by atoms with van der Waals surface area (Å²) in [6, 6.07) is 18.1. The number of thiazole rings is 1. The van der Waals surface area contributed by atoms with E-state index in [-0.39, 0.29) is 11.3 Å². The maximum atomic E-state index is 13.4. The Hall–Kier alpha value is -3.88. The molecule has 36 heavy (non-hydrogen) atoms. The number of carbonyl (C=O) groups is 2. The van der Waals surface area contributed by atoms with E-state index >= 15 is 0 Å². The summed E-state index contributed by atoms with van der Waals surface area (Å²) in [6.45, 7) is 2.32. The minimum absolute atomic E-state index is 0.0314. The second kappa shape index (κ2) is 9.64. The summed E-state index contributed by atoms with van der Waals surface area (Å²) < 4.78 is 11.6. The third kappa shape index (κ3) is 4.19. The Bertz CT molecular complexity index is 1510. The quantitative estimate of drug-likeness (QED) is 0.191. The first-order valence-corrected chi connectivity index (χ1v) is 12.3. The van der Waals surface area contributed by atoms with Gasteiger partial charge in [0, 0.05) is 10.6 Å². The lowest BCUT2D eigenvalue weighted by Crippen LogP contribution is -2.29. The van der Waals surface area contributed by atoms with Crippen molar-refractivity contribution in [2.24, 2.45) is 0 Å². The summed E-state index contributed by atoms with van der Waals surface area (Å²) in [5.74, 6) is -0.675. The van der Waals surface area contributed by atoms with E-state index in [0.29, 0.717) is 44.9 Å². The van der Waals surface area contributed by atoms with Crippen molar-refractivity contribution in [3.8, 4) is 11.5 Å². The molecular formula is C27H21ClN2O5S. The van der Waals surface area contributed by atoms with E-state index in [2.05, 4.69) is 4.98 Å². The van der Waals surface area contributed by atoms with Gasteiger partial charge in [-0.3, -0.25) is 14.5 Å². The van der Waals surface area contributed by atoms with E-state index in [1.165, 1.54) is 23.3 Å². The number of nitrogens with zero attached hydrogens (tertiary/aromatic N) is 2. The number of ketones is 1. The molecule has 1 aliphatic rings. The molecule has 0 spiro atoms. The number of fused-ring (bicyclic) bond motifs is 1. The Morgan fingerprint density at radius 2 is 1.86 bits per heavy atom. The van der Waals surface area contributed by atoms with Gasteiger partial charge in [-0.2, -0.15) is 0 Å². The molecule has 3 aromatic carbocycles. The van der Waals surface area contributed by atoms with Crippen LogP contribution in [0.3, 0.4) is 0 Å². The van der Waals surface area contributed by atoms with Crippen LogP contribution in [0.15, 0.2) is 72.3 Å². The van der Waals surface area contributed by atoms with Crippen LogP contribution in [0, 0.1) is 0 Å². The largest absolute Gasteiger partial charge is 0.507 e. The molecule has 0 aliphatic carbocycles. The number of anilines is 1. The van der Waals surface area contributed by atoms with Gasteiger partial charge in [-0.05, 0) is 67.1 Å². The van der Waals surface area contributed by atoms with E-state index in [4.69, 9.17) is 21.1 Å². The molecule has 4 aromatic rings. The van der Waals surface area contributed by atoms with Crippen molar-refractivity contribution < 1.29 is 24.2 Å². The summed E-state index contributed by atoms with van der Waals surface area (Å²) >= 11 is 7.39. The van der Waals surface area contributed by atoms with Crippen molar-refractivity contribution in [3.05, 3.63) is 88.5 Å². The fourth-order valence-electron chi connectivity index (χ4n) is 4.18. The second-order valence-electron chi connectivity index (χ2n) is 8.01. The van der Waals surface area contributed by atoms with E-state index in [1.54, 1.807) is 66.7 Å². The monoisotopic (exact) mass is 520 g/mol. The number of Topliss-reactive ketones (excluding diaryl/α,β-unsaturated/α-hetero) is 1. The molecule has 1 unspecified atom stereocenters. The van der Waals surface area contributed by atoms with Gasteiger partial charge in [0.05, 0.1) is 35.5 Å².